The molecule has 0 fully saturated rings. The molecule has 0 saturated heterocycles. The lowest BCUT2D eigenvalue weighted by Crippen LogP contribution is -2.32. The Morgan fingerprint density at radius 3 is 2.81 bits per heavy atom. The van der Waals surface area contributed by atoms with Crippen molar-refractivity contribution in [2.75, 3.05) is 12.3 Å². The van der Waals surface area contributed by atoms with Crippen molar-refractivity contribution in [1.29, 1.82) is 0 Å². The smallest absolute Gasteiger partial charge is 0.271 e. The molecule has 1 aromatic heterocycles. The summed E-state index contributed by atoms with van der Waals surface area (Å²) < 4.78 is 21.8. The van der Waals surface area contributed by atoms with Gasteiger partial charge in [0.15, 0.2) is 0 Å². The van der Waals surface area contributed by atoms with Gasteiger partial charge in [-0.15, -0.1) is 0 Å². The fourth-order valence-corrected chi connectivity index (χ4v) is 1.76. The number of amides is 1. The molecule has 6 nitrogen and oxygen atoms in total. The van der Waals surface area contributed by atoms with E-state index in [-0.39, 0.29) is 18.0 Å². The molecule has 0 atom stereocenters. The van der Waals surface area contributed by atoms with Crippen LogP contribution in [-0.4, -0.2) is 31.6 Å². The number of nitrogens with two attached hydrogens (primary N) is 1. The molecule has 1 rings (SSSR count). The van der Waals surface area contributed by atoms with Gasteiger partial charge in [0.05, 0.1) is 5.75 Å². The number of nitrogens with one attached hydrogen (secondary N) is 1. The summed E-state index contributed by atoms with van der Waals surface area (Å²) in [5.41, 5.74) is 0.205. The Balaban J connectivity index is 2.57. The normalized spacial score (nSPS) is 11.1. The van der Waals surface area contributed by atoms with Gasteiger partial charge in [-0.3, -0.25) is 4.79 Å². The number of nitrogens with zero attached hydrogens (tertiary/aromatic N) is 1. The Bertz CT molecular complexity index is 489. The quantitative estimate of drug-likeness (QED) is 0.808. The highest BCUT2D eigenvalue weighted by Crippen LogP contribution is 2.12. The number of sulfonamides is 1. The molecule has 0 spiro atoms. The maximum Gasteiger partial charge on any atom is 0.271 e. The molecule has 0 aliphatic carbocycles. The van der Waals surface area contributed by atoms with Crippen molar-refractivity contribution in [3.63, 3.8) is 0 Å². The monoisotopic (exact) mass is 307 g/mol. The van der Waals surface area contributed by atoms with Crippen LogP contribution in [0.2, 0.25) is 0 Å². The Kier molecular flexibility index (Phi) is 4.39. The predicted octanol–water partition coefficient (Wildman–Crippen LogP) is -0.138. The van der Waals surface area contributed by atoms with E-state index >= 15 is 0 Å². The number of hydrogen-bond acceptors (Lipinski definition) is 4. The van der Waals surface area contributed by atoms with E-state index in [2.05, 4.69) is 26.2 Å². The molecule has 0 radical (unpaired) electrons. The third-order valence-electron chi connectivity index (χ3n) is 1.65. The van der Waals surface area contributed by atoms with Crippen LogP contribution in [0.3, 0.4) is 0 Å². The number of carbonyl (C=O) groups is 1. The second-order valence-corrected chi connectivity index (χ2v) is 5.55. The van der Waals surface area contributed by atoms with Gasteiger partial charge < -0.3 is 5.32 Å². The minimum Gasteiger partial charge on any atom is -0.350 e. The van der Waals surface area contributed by atoms with Gasteiger partial charge in [0.1, 0.15) is 5.69 Å². The zero-order valence-electron chi connectivity index (χ0n) is 8.18. The molecule has 0 bridgehead atoms. The van der Waals surface area contributed by atoms with E-state index in [1.807, 2.05) is 0 Å². The van der Waals surface area contributed by atoms with Gasteiger partial charge in [-0.2, -0.15) is 0 Å². The van der Waals surface area contributed by atoms with E-state index in [4.69, 9.17) is 5.14 Å². The average Bonchev–Trinajstić information content (AvgIpc) is 2.16. The molecule has 0 aliphatic heterocycles. The van der Waals surface area contributed by atoms with Crippen molar-refractivity contribution in [1.82, 2.24) is 10.3 Å². The maximum atomic E-state index is 11.5. The lowest BCUT2D eigenvalue weighted by atomic mass is 10.3. The first-order chi connectivity index (χ1) is 7.40. The van der Waals surface area contributed by atoms with Crippen LogP contribution in [0.5, 0.6) is 0 Å². The van der Waals surface area contributed by atoms with Crippen LogP contribution < -0.4 is 10.5 Å². The minimum absolute atomic E-state index is 0.0410. The lowest BCUT2D eigenvalue weighted by Gasteiger charge is -2.04. The first-order valence-electron chi connectivity index (χ1n) is 4.29. The zero-order valence-corrected chi connectivity index (χ0v) is 10.6. The molecule has 0 aromatic carbocycles. The van der Waals surface area contributed by atoms with Crippen molar-refractivity contribution in [3.8, 4) is 0 Å². The summed E-state index contributed by atoms with van der Waals surface area (Å²) in [6.07, 6.45) is 1.47. The standard InChI is InChI=1S/C8H10BrN3O3S/c9-6-2-1-3-11-7(6)8(13)12-4-5-16(10,14)15/h1-3H,4-5H2,(H,12,13)(H2,10,14,15). The minimum atomic E-state index is -3.56. The molecule has 88 valence electrons. The maximum absolute atomic E-state index is 11.5. The van der Waals surface area contributed by atoms with Crippen molar-refractivity contribution in [3.05, 3.63) is 28.5 Å². The van der Waals surface area contributed by atoms with Crippen LogP contribution in [0.1, 0.15) is 10.5 Å². The van der Waals surface area contributed by atoms with Crippen LogP contribution in [0, 0.1) is 0 Å². The molecular weight excluding hydrogens is 298 g/mol. The van der Waals surface area contributed by atoms with Crippen molar-refractivity contribution in [2.24, 2.45) is 5.14 Å². The SMILES string of the molecule is NS(=O)(=O)CCNC(=O)c1ncccc1Br. The summed E-state index contributed by atoms with van der Waals surface area (Å²) in [7, 11) is -3.56. The first kappa shape index (κ1) is 13.1. The Morgan fingerprint density at radius 2 is 2.25 bits per heavy atom. The van der Waals surface area contributed by atoms with Crippen molar-refractivity contribution >= 4 is 31.9 Å². The van der Waals surface area contributed by atoms with E-state index in [1.54, 1.807) is 12.1 Å². The number of rotatable bonds is 4. The molecule has 1 aromatic rings. The molecule has 0 aliphatic rings. The molecule has 0 saturated carbocycles. The molecule has 1 heterocycles. The van der Waals surface area contributed by atoms with Crippen LogP contribution in [-0.2, 0) is 10.0 Å². The van der Waals surface area contributed by atoms with E-state index in [1.165, 1.54) is 6.20 Å². The van der Waals surface area contributed by atoms with Crippen molar-refractivity contribution in [2.45, 2.75) is 0 Å². The van der Waals surface area contributed by atoms with Gasteiger partial charge in [0.25, 0.3) is 5.91 Å². The number of aromatic nitrogens is 1. The number of carbonyl (C=O) groups excluding carboxylic acids is 1. The molecule has 3 N–H and O–H groups in total. The number of pyridine rings is 1. The van der Waals surface area contributed by atoms with Gasteiger partial charge in [-0.05, 0) is 28.1 Å². The number of hydrogen-bond donors (Lipinski definition) is 2. The predicted molar refractivity (Wildman–Crippen MR) is 62.2 cm³/mol. The Labute approximate surface area is 101 Å². The summed E-state index contributed by atoms with van der Waals surface area (Å²) in [6, 6.07) is 3.34. The Morgan fingerprint density at radius 1 is 1.56 bits per heavy atom. The van der Waals surface area contributed by atoms with Gasteiger partial charge in [-0.1, -0.05) is 0 Å². The van der Waals surface area contributed by atoms with E-state index in [0.29, 0.717) is 4.47 Å². The number of primary sulfonamides is 1. The van der Waals surface area contributed by atoms with Crippen molar-refractivity contribution < 1.29 is 13.2 Å². The molecule has 1 amide bonds. The van der Waals surface area contributed by atoms with Gasteiger partial charge in [0.2, 0.25) is 10.0 Å². The highest BCUT2D eigenvalue weighted by atomic mass is 79.9. The van der Waals surface area contributed by atoms with Gasteiger partial charge in [-0.25, -0.2) is 18.5 Å². The van der Waals surface area contributed by atoms with E-state index in [9.17, 15) is 13.2 Å². The average molecular weight is 308 g/mol. The van der Waals surface area contributed by atoms with E-state index < -0.39 is 15.9 Å². The van der Waals surface area contributed by atoms with Crippen LogP contribution in [0.15, 0.2) is 22.8 Å². The second kappa shape index (κ2) is 5.37. The first-order valence-corrected chi connectivity index (χ1v) is 6.80. The fraction of sp³-hybridized carbons (Fsp3) is 0.250. The van der Waals surface area contributed by atoms with Crippen LogP contribution in [0.4, 0.5) is 0 Å². The third-order valence-corrected chi connectivity index (χ3v) is 3.06. The topological polar surface area (TPSA) is 102 Å². The summed E-state index contributed by atoms with van der Waals surface area (Å²) >= 11 is 3.16. The third kappa shape index (κ3) is 4.25. The molecule has 8 heteroatoms. The summed E-state index contributed by atoms with van der Waals surface area (Å²) in [4.78, 5) is 15.4. The molecule has 16 heavy (non-hydrogen) atoms. The molecular formula is C8H10BrN3O3S. The summed E-state index contributed by atoms with van der Waals surface area (Å²) in [6.45, 7) is -0.0410. The summed E-state index contributed by atoms with van der Waals surface area (Å²) in [5.74, 6) is -0.750. The highest BCUT2D eigenvalue weighted by Gasteiger charge is 2.11. The molecule has 0 unspecified atom stereocenters. The summed E-state index contributed by atoms with van der Waals surface area (Å²) in [5, 5.41) is 7.19. The van der Waals surface area contributed by atoms with Gasteiger partial charge >= 0.3 is 0 Å². The van der Waals surface area contributed by atoms with E-state index in [0.717, 1.165) is 0 Å². The Hall–Kier alpha value is -0.990. The fourth-order valence-electron chi connectivity index (χ4n) is 0.943. The zero-order chi connectivity index (χ0) is 12.2. The van der Waals surface area contributed by atoms with Crippen LogP contribution >= 0.6 is 15.9 Å². The van der Waals surface area contributed by atoms with Crippen LogP contribution in [0.25, 0.3) is 0 Å². The van der Waals surface area contributed by atoms with Gasteiger partial charge in [0, 0.05) is 17.2 Å². The largest absolute Gasteiger partial charge is 0.350 e. The second-order valence-electron chi connectivity index (χ2n) is 2.96. The highest BCUT2D eigenvalue weighted by molar-refractivity contribution is 9.10. The number of halogens is 1. The lowest BCUT2D eigenvalue weighted by molar-refractivity contribution is 0.0950.